The summed E-state index contributed by atoms with van der Waals surface area (Å²) >= 11 is 2.78. The van der Waals surface area contributed by atoms with E-state index in [0.29, 0.717) is 10.9 Å². The van der Waals surface area contributed by atoms with E-state index >= 15 is 0 Å². The molecule has 2 N–H and O–H groups in total. The Balaban J connectivity index is 1.66. The van der Waals surface area contributed by atoms with Crippen molar-refractivity contribution >= 4 is 38.1 Å². The zero-order chi connectivity index (χ0) is 16.0. The lowest BCUT2D eigenvalue weighted by atomic mass is 9.99. The van der Waals surface area contributed by atoms with Crippen molar-refractivity contribution in [3.8, 4) is 11.3 Å². The summed E-state index contributed by atoms with van der Waals surface area (Å²) in [7, 11) is -3.79. The summed E-state index contributed by atoms with van der Waals surface area (Å²) in [5.74, 6) is 1.55. The predicted octanol–water partition coefficient (Wildman–Crippen LogP) is 2.45. The summed E-state index contributed by atoms with van der Waals surface area (Å²) in [5.41, 5.74) is 3.01. The van der Waals surface area contributed by atoms with Crippen LogP contribution < -0.4 is 5.14 Å². The highest BCUT2D eigenvalue weighted by Gasteiger charge is 2.17. The van der Waals surface area contributed by atoms with Crippen LogP contribution >= 0.6 is 23.1 Å². The number of aromatic nitrogens is 3. The van der Waals surface area contributed by atoms with E-state index in [1.807, 2.05) is 23.9 Å². The zero-order valence-electron chi connectivity index (χ0n) is 11.8. The van der Waals surface area contributed by atoms with E-state index in [4.69, 9.17) is 5.14 Å². The fraction of sp³-hybridized carbons (Fsp3) is 0.143. The highest BCUT2D eigenvalue weighted by molar-refractivity contribution is 8.02. The first-order valence-corrected chi connectivity index (χ1v) is 10.2. The molecule has 1 aliphatic heterocycles. The number of nitrogens with two attached hydrogens (primary N) is 1. The number of sulfonamides is 1. The Morgan fingerprint density at radius 1 is 1.26 bits per heavy atom. The van der Waals surface area contributed by atoms with E-state index in [0.717, 1.165) is 28.3 Å². The first kappa shape index (κ1) is 14.9. The summed E-state index contributed by atoms with van der Waals surface area (Å²) in [5, 5.41) is 11.2. The van der Waals surface area contributed by atoms with E-state index in [1.54, 1.807) is 6.20 Å². The van der Waals surface area contributed by atoms with Gasteiger partial charge in [0, 0.05) is 17.2 Å². The van der Waals surface area contributed by atoms with Crippen LogP contribution in [-0.4, -0.2) is 28.8 Å². The lowest BCUT2D eigenvalue weighted by Crippen LogP contribution is -2.12. The molecule has 23 heavy (non-hydrogen) atoms. The molecule has 1 atom stereocenters. The fourth-order valence-corrected chi connectivity index (χ4v) is 4.84. The molecule has 6 nitrogen and oxygen atoms in total. The Kier molecular flexibility index (Phi) is 3.52. The van der Waals surface area contributed by atoms with E-state index in [9.17, 15) is 8.42 Å². The second-order valence-electron chi connectivity index (χ2n) is 5.16. The number of hydrogen-bond donors (Lipinski definition) is 1. The maximum atomic E-state index is 11.3. The van der Waals surface area contributed by atoms with Gasteiger partial charge >= 0.3 is 0 Å². The smallest absolute Gasteiger partial charge is 0.223 e. The summed E-state index contributed by atoms with van der Waals surface area (Å²) < 4.78 is 23.9. The summed E-state index contributed by atoms with van der Waals surface area (Å²) in [6, 6.07) is 8.26. The summed E-state index contributed by atoms with van der Waals surface area (Å²) in [6.45, 7) is 0. The van der Waals surface area contributed by atoms with Gasteiger partial charge in [-0.2, -0.15) is 0 Å². The minimum absolute atomic E-state index is 0.132. The van der Waals surface area contributed by atoms with Gasteiger partial charge in [-0.3, -0.25) is 0 Å². The van der Waals surface area contributed by atoms with Gasteiger partial charge in [-0.25, -0.2) is 23.1 Å². The van der Waals surface area contributed by atoms with Gasteiger partial charge in [-0.15, -0.1) is 16.9 Å². The molecule has 0 radical (unpaired) electrons. The van der Waals surface area contributed by atoms with Crippen molar-refractivity contribution in [2.75, 3.05) is 5.75 Å². The first-order chi connectivity index (χ1) is 11.0. The zero-order valence-corrected chi connectivity index (χ0v) is 14.2. The van der Waals surface area contributed by atoms with Gasteiger partial charge in [0.25, 0.3) is 10.0 Å². The molecule has 9 heteroatoms. The van der Waals surface area contributed by atoms with Crippen LogP contribution in [-0.2, 0) is 10.0 Å². The molecule has 0 spiro atoms. The SMILES string of the molecule is NS(=O)(=O)c1nn2cc(-c3ccc(C4C=CSC4)cc3)nc2s1. The lowest BCUT2D eigenvalue weighted by Gasteiger charge is -2.07. The molecule has 2 aromatic heterocycles. The molecule has 0 amide bonds. The molecule has 0 saturated carbocycles. The molecule has 1 aromatic carbocycles. The monoisotopic (exact) mass is 364 g/mol. The van der Waals surface area contributed by atoms with Crippen molar-refractivity contribution in [3.63, 3.8) is 0 Å². The van der Waals surface area contributed by atoms with Crippen molar-refractivity contribution in [3.05, 3.63) is 47.5 Å². The van der Waals surface area contributed by atoms with E-state index in [2.05, 4.69) is 33.7 Å². The number of hydrogen-bond acceptors (Lipinski definition) is 6. The van der Waals surface area contributed by atoms with E-state index in [-0.39, 0.29) is 4.34 Å². The molecular formula is C14H12N4O2S3. The van der Waals surface area contributed by atoms with Crippen LogP contribution in [0.25, 0.3) is 16.2 Å². The number of benzene rings is 1. The molecule has 0 aliphatic carbocycles. The molecule has 4 rings (SSSR count). The van der Waals surface area contributed by atoms with Crippen LogP contribution in [0.4, 0.5) is 0 Å². The third-order valence-corrected chi connectivity index (χ3v) is 6.72. The van der Waals surface area contributed by atoms with Crippen LogP contribution in [0.1, 0.15) is 11.5 Å². The highest BCUT2D eigenvalue weighted by atomic mass is 32.2. The van der Waals surface area contributed by atoms with Crippen molar-refractivity contribution in [2.24, 2.45) is 5.14 Å². The van der Waals surface area contributed by atoms with E-state index in [1.165, 1.54) is 10.1 Å². The van der Waals surface area contributed by atoms with Crippen molar-refractivity contribution in [1.82, 2.24) is 14.6 Å². The Morgan fingerprint density at radius 2 is 2.04 bits per heavy atom. The maximum Gasteiger partial charge on any atom is 0.267 e. The minimum Gasteiger partial charge on any atom is -0.223 e. The molecule has 118 valence electrons. The van der Waals surface area contributed by atoms with Crippen LogP contribution in [0.15, 0.2) is 46.3 Å². The number of imidazole rings is 1. The van der Waals surface area contributed by atoms with Gasteiger partial charge in [0.05, 0.1) is 11.9 Å². The predicted molar refractivity (Wildman–Crippen MR) is 92.0 cm³/mol. The number of rotatable bonds is 3. The second-order valence-corrected chi connectivity index (χ2v) is 8.79. The van der Waals surface area contributed by atoms with Gasteiger partial charge in [-0.05, 0) is 11.0 Å². The second kappa shape index (κ2) is 5.45. The standard InChI is InChI=1S/C14H12N4O2S3/c15-23(19,20)14-17-18-7-12(16-13(18)22-14)10-3-1-9(2-4-10)11-5-6-21-8-11/h1-7,11H,8H2,(H2,15,19,20). The fourth-order valence-electron chi connectivity index (χ4n) is 2.41. The normalized spacial score (nSPS) is 18.0. The summed E-state index contributed by atoms with van der Waals surface area (Å²) in [4.78, 5) is 4.93. The Hall–Kier alpha value is -1.68. The van der Waals surface area contributed by atoms with Crippen molar-refractivity contribution in [2.45, 2.75) is 10.3 Å². The Bertz CT molecular complexity index is 971. The van der Waals surface area contributed by atoms with Gasteiger partial charge in [0.2, 0.25) is 9.30 Å². The third kappa shape index (κ3) is 2.80. The Labute approximate surface area is 141 Å². The minimum atomic E-state index is -3.79. The number of thioether (sulfide) groups is 1. The number of fused-ring (bicyclic) bond motifs is 1. The van der Waals surface area contributed by atoms with Gasteiger partial charge in [-0.1, -0.05) is 41.7 Å². The molecule has 3 heterocycles. The molecule has 1 aliphatic rings. The average Bonchev–Trinajstić information content (AvgIpc) is 3.22. The maximum absolute atomic E-state index is 11.3. The van der Waals surface area contributed by atoms with Gasteiger partial charge < -0.3 is 0 Å². The van der Waals surface area contributed by atoms with Gasteiger partial charge in [0.1, 0.15) is 0 Å². The topological polar surface area (TPSA) is 90.4 Å². The summed E-state index contributed by atoms with van der Waals surface area (Å²) in [6.07, 6.45) is 3.92. The highest BCUT2D eigenvalue weighted by Crippen LogP contribution is 2.31. The molecule has 0 saturated heterocycles. The largest absolute Gasteiger partial charge is 0.267 e. The molecule has 3 aromatic rings. The molecular weight excluding hydrogens is 352 g/mol. The van der Waals surface area contributed by atoms with Gasteiger partial charge in [0.15, 0.2) is 0 Å². The Morgan fingerprint density at radius 3 is 2.65 bits per heavy atom. The first-order valence-electron chi connectivity index (χ1n) is 6.78. The molecule has 1 unspecified atom stereocenters. The third-order valence-electron chi connectivity index (χ3n) is 3.59. The van der Waals surface area contributed by atoms with Crippen LogP contribution in [0.3, 0.4) is 0 Å². The van der Waals surface area contributed by atoms with E-state index < -0.39 is 10.0 Å². The number of primary sulfonamides is 1. The molecule has 0 fully saturated rings. The average molecular weight is 364 g/mol. The van der Waals surface area contributed by atoms with Crippen molar-refractivity contribution < 1.29 is 8.42 Å². The lowest BCUT2D eigenvalue weighted by molar-refractivity contribution is 0.595. The van der Waals surface area contributed by atoms with Crippen molar-refractivity contribution in [1.29, 1.82) is 0 Å². The van der Waals surface area contributed by atoms with Crippen LogP contribution in [0.5, 0.6) is 0 Å². The quantitative estimate of drug-likeness (QED) is 0.771. The number of nitrogens with zero attached hydrogens (tertiary/aromatic N) is 3. The molecule has 0 bridgehead atoms. The number of allylic oxidation sites excluding steroid dienone is 1. The van der Waals surface area contributed by atoms with Crippen LogP contribution in [0.2, 0.25) is 0 Å². The van der Waals surface area contributed by atoms with Crippen LogP contribution in [0, 0.1) is 0 Å².